The monoisotopic (exact) mass is 365 g/mol. The quantitative estimate of drug-likeness (QED) is 0.520. The van der Waals surface area contributed by atoms with Crippen LogP contribution in [0.15, 0.2) is 47.5 Å². The van der Waals surface area contributed by atoms with Crippen LogP contribution in [0.3, 0.4) is 0 Å². The molecule has 4 aromatic rings. The van der Waals surface area contributed by atoms with Crippen LogP contribution in [0.1, 0.15) is 5.82 Å². The number of aromatic nitrogens is 5. The van der Waals surface area contributed by atoms with Crippen molar-refractivity contribution in [3.8, 4) is 5.69 Å². The van der Waals surface area contributed by atoms with Crippen molar-refractivity contribution in [1.29, 1.82) is 0 Å². The van der Waals surface area contributed by atoms with Crippen molar-refractivity contribution in [2.24, 2.45) is 0 Å². The van der Waals surface area contributed by atoms with E-state index in [-0.39, 0.29) is 16.7 Å². The van der Waals surface area contributed by atoms with E-state index in [1.165, 1.54) is 23.0 Å². The smallest absolute Gasteiger partial charge is 0.284 e. The largest absolute Gasteiger partial charge is 0.453 e. The van der Waals surface area contributed by atoms with Gasteiger partial charge in [0.2, 0.25) is 0 Å². The number of hydrogen-bond acceptors (Lipinski definition) is 4. The molecule has 0 aliphatic carbocycles. The van der Waals surface area contributed by atoms with E-state index in [9.17, 15) is 18.0 Å². The van der Waals surface area contributed by atoms with Gasteiger partial charge in [0.1, 0.15) is 0 Å². The lowest BCUT2D eigenvalue weighted by molar-refractivity contribution is -0.144. The number of hydrogen-bond donors (Lipinski definition) is 0. The Morgan fingerprint density at radius 1 is 1.16 bits per heavy atom. The highest BCUT2D eigenvalue weighted by Gasteiger charge is 2.36. The molecular formula is C15H7ClF3N5O. The van der Waals surface area contributed by atoms with Crippen molar-refractivity contribution in [3.63, 3.8) is 0 Å². The molecule has 126 valence electrons. The molecule has 0 unspecified atom stereocenters. The van der Waals surface area contributed by atoms with E-state index in [0.29, 0.717) is 10.7 Å². The lowest BCUT2D eigenvalue weighted by Gasteiger charge is -2.07. The van der Waals surface area contributed by atoms with Gasteiger partial charge in [-0.1, -0.05) is 17.7 Å². The summed E-state index contributed by atoms with van der Waals surface area (Å²) in [5.74, 6) is -1.55. The topological polar surface area (TPSA) is 65.1 Å². The van der Waals surface area contributed by atoms with E-state index in [4.69, 9.17) is 11.6 Å². The van der Waals surface area contributed by atoms with Crippen molar-refractivity contribution in [2.75, 3.05) is 0 Å². The van der Waals surface area contributed by atoms with Crippen LogP contribution in [-0.4, -0.2) is 24.1 Å². The van der Waals surface area contributed by atoms with Gasteiger partial charge in [0.25, 0.3) is 17.2 Å². The zero-order valence-corrected chi connectivity index (χ0v) is 13.0. The van der Waals surface area contributed by atoms with Crippen molar-refractivity contribution >= 4 is 28.3 Å². The molecule has 0 bridgehead atoms. The molecule has 0 radical (unpaired) electrons. The Morgan fingerprint density at radius 3 is 2.68 bits per heavy atom. The molecule has 0 saturated carbocycles. The Balaban J connectivity index is 1.99. The van der Waals surface area contributed by atoms with Crippen LogP contribution in [0.2, 0.25) is 5.02 Å². The summed E-state index contributed by atoms with van der Waals surface area (Å²) >= 11 is 5.93. The summed E-state index contributed by atoms with van der Waals surface area (Å²) in [4.78, 5) is 19.8. The van der Waals surface area contributed by atoms with Crippen LogP contribution in [0, 0.1) is 0 Å². The number of benzene rings is 1. The lowest BCUT2D eigenvalue weighted by atomic mass is 10.2. The van der Waals surface area contributed by atoms with Crippen molar-refractivity contribution in [3.05, 3.63) is 63.9 Å². The van der Waals surface area contributed by atoms with Gasteiger partial charge in [-0.15, -0.1) is 5.10 Å². The van der Waals surface area contributed by atoms with Gasteiger partial charge < -0.3 is 0 Å². The van der Waals surface area contributed by atoms with E-state index in [2.05, 4.69) is 15.1 Å². The summed E-state index contributed by atoms with van der Waals surface area (Å²) in [6.07, 6.45) is -2.08. The molecule has 0 spiro atoms. The lowest BCUT2D eigenvalue weighted by Crippen LogP contribution is -2.18. The fourth-order valence-electron chi connectivity index (χ4n) is 2.47. The second-order valence-corrected chi connectivity index (χ2v) is 5.61. The maximum absolute atomic E-state index is 12.8. The molecule has 0 aliphatic rings. The molecule has 4 rings (SSSR count). The van der Waals surface area contributed by atoms with E-state index in [0.717, 1.165) is 4.52 Å². The average molecular weight is 366 g/mol. The van der Waals surface area contributed by atoms with E-state index >= 15 is 0 Å². The second-order valence-electron chi connectivity index (χ2n) is 5.17. The summed E-state index contributed by atoms with van der Waals surface area (Å²) in [5.41, 5.74) is 0.239. The minimum atomic E-state index is -4.70. The van der Waals surface area contributed by atoms with Gasteiger partial charge in [0, 0.05) is 17.4 Å². The van der Waals surface area contributed by atoms with Gasteiger partial charge in [-0.2, -0.15) is 22.7 Å². The first-order valence-corrected chi connectivity index (χ1v) is 7.33. The van der Waals surface area contributed by atoms with E-state index < -0.39 is 17.6 Å². The van der Waals surface area contributed by atoms with Crippen LogP contribution in [0.4, 0.5) is 13.2 Å². The van der Waals surface area contributed by atoms with Gasteiger partial charge in [-0.25, -0.2) is 4.98 Å². The summed E-state index contributed by atoms with van der Waals surface area (Å²) < 4.78 is 40.6. The Bertz CT molecular complexity index is 1180. The molecular weight excluding hydrogens is 359 g/mol. The number of pyridine rings is 1. The van der Waals surface area contributed by atoms with Crippen LogP contribution >= 0.6 is 11.6 Å². The van der Waals surface area contributed by atoms with Crippen LogP contribution in [0.5, 0.6) is 0 Å². The number of nitrogens with zero attached hydrogens (tertiary/aromatic N) is 5. The third-order valence-corrected chi connectivity index (χ3v) is 3.81. The first-order chi connectivity index (χ1) is 11.8. The van der Waals surface area contributed by atoms with Gasteiger partial charge in [-0.3, -0.25) is 9.36 Å². The molecule has 25 heavy (non-hydrogen) atoms. The van der Waals surface area contributed by atoms with Crippen molar-refractivity contribution in [1.82, 2.24) is 24.1 Å². The zero-order valence-electron chi connectivity index (χ0n) is 12.2. The molecule has 10 heteroatoms. The SMILES string of the molecule is O=c1c2cnc3nc(C(F)(F)F)nn3c2ccn1-c1cccc(Cl)c1. The second kappa shape index (κ2) is 5.28. The highest BCUT2D eigenvalue weighted by atomic mass is 35.5. The maximum atomic E-state index is 12.8. The highest BCUT2D eigenvalue weighted by Crippen LogP contribution is 2.26. The number of rotatable bonds is 1. The highest BCUT2D eigenvalue weighted by molar-refractivity contribution is 6.30. The van der Waals surface area contributed by atoms with Crippen molar-refractivity contribution < 1.29 is 13.2 Å². The number of fused-ring (bicyclic) bond motifs is 3. The Hall–Kier alpha value is -2.94. The minimum Gasteiger partial charge on any atom is -0.284 e. The average Bonchev–Trinajstić information content (AvgIpc) is 3.00. The summed E-state index contributed by atoms with van der Waals surface area (Å²) in [6, 6.07) is 8.10. The predicted octanol–water partition coefficient (Wildman–Crippen LogP) is 3.10. The van der Waals surface area contributed by atoms with Gasteiger partial charge >= 0.3 is 6.18 Å². The number of alkyl halides is 3. The first kappa shape index (κ1) is 15.6. The Kier molecular flexibility index (Phi) is 3.29. The van der Waals surface area contributed by atoms with Crippen LogP contribution in [0.25, 0.3) is 22.4 Å². The number of halogens is 4. The molecule has 1 aromatic carbocycles. The molecule has 0 atom stereocenters. The van der Waals surface area contributed by atoms with E-state index in [1.807, 2.05) is 0 Å². The van der Waals surface area contributed by atoms with Gasteiger partial charge in [0.05, 0.1) is 16.6 Å². The Labute approximate surface area is 142 Å². The van der Waals surface area contributed by atoms with Crippen LogP contribution in [-0.2, 0) is 6.18 Å². The fraction of sp³-hybridized carbons (Fsp3) is 0.0667. The molecule has 0 aliphatic heterocycles. The third kappa shape index (κ3) is 2.52. The maximum Gasteiger partial charge on any atom is 0.453 e. The first-order valence-electron chi connectivity index (χ1n) is 6.95. The molecule has 6 nitrogen and oxygen atoms in total. The molecule has 0 N–H and O–H groups in total. The molecule has 0 fully saturated rings. The predicted molar refractivity (Wildman–Crippen MR) is 83.9 cm³/mol. The van der Waals surface area contributed by atoms with Gasteiger partial charge in [0.15, 0.2) is 0 Å². The van der Waals surface area contributed by atoms with Crippen LogP contribution < -0.4 is 5.56 Å². The van der Waals surface area contributed by atoms with E-state index in [1.54, 1.807) is 24.3 Å². The molecule has 0 amide bonds. The molecule has 3 heterocycles. The molecule has 3 aromatic heterocycles. The van der Waals surface area contributed by atoms with Gasteiger partial charge in [-0.05, 0) is 24.3 Å². The third-order valence-electron chi connectivity index (χ3n) is 3.57. The summed E-state index contributed by atoms with van der Waals surface area (Å²) in [7, 11) is 0. The Morgan fingerprint density at radius 2 is 1.96 bits per heavy atom. The fourth-order valence-corrected chi connectivity index (χ4v) is 2.65. The summed E-state index contributed by atoms with van der Waals surface area (Å²) in [5, 5.41) is 3.97. The minimum absolute atomic E-state index is 0.105. The zero-order chi connectivity index (χ0) is 17.8. The standard InChI is InChI=1S/C15H7ClF3N5O/c16-8-2-1-3-9(6-8)23-5-4-11-10(12(23)25)7-20-14-21-13(15(17,18)19)22-24(11)14/h1-7H. The normalized spacial score (nSPS) is 12.2. The summed E-state index contributed by atoms with van der Waals surface area (Å²) in [6.45, 7) is 0. The van der Waals surface area contributed by atoms with Crippen molar-refractivity contribution in [2.45, 2.75) is 6.18 Å². The molecule has 0 saturated heterocycles.